The normalized spacial score (nSPS) is 11.6. The Labute approximate surface area is 382 Å². The van der Waals surface area contributed by atoms with Crippen LogP contribution in [0, 0.1) is 34.1 Å². The number of ether oxygens (including phenoxy) is 3. The van der Waals surface area contributed by atoms with Gasteiger partial charge in [-0.1, -0.05) is 63.6 Å². The molecule has 3 aromatic rings. The summed E-state index contributed by atoms with van der Waals surface area (Å²) in [6.45, 7) is 17.7. The SMILES string of the molecule is C.CCNC(=O)OCC(C)SSc1ccc([N+](=O)[O-])c(C)c1.CCNC(=O)OCC(C)SSc1ncccc1[N+](=O)[O-].CCNC(=O)OCC(CC)SSc1ccc(C)cn1. The summed E-state index contributed by atoms with van der Waals surface area (Å²) in [7, 11) is 8.94. The third-order valence-electron chi connectivity index (χ3n) is 6.78. The van der Waals surface area contributed by atoms with E-state index in [1.54, 1.807) is 58.4 Å². The Morgan fingerprint density at radius 1 is 0.705 bits per heavy atom. The Bertz CT molecular complexity index is 1770. The highest BCUT2D eigenvalue weighted by Gasteiger charge is 2.18. The maximum atomic E-state index is 11.2. The summed E-state index contributed by atoms with van der Waals surface area (Å²) in [6.07, 6.45) is 3.08. The molecule has 340 valence electrons. The minimum Gasteiger partial charge on any atom is -0.448 e. The molecule has 0 fully saturated rings. The standard InChI is InChI=1S/C13H18N2O4S2.C13H20N2O2S2.C11H15N3O4S2.CH4/c1-4-14-13(16)19-8-10(3)20-21-11-5-6-12(15(17)18)9(2)7-11;1-4-11(9-17-13(16)14-5-2)18-19-12-7-6-10(3)8-15-12;1-3-12-11(15)18-7-8(2)19-20-10-9(14(16)17)5-4-6-13-10;/h5-7,10H,4,8H2,1-3H3,(H,14,16);6-8,11H,4-5,9H2,1-3H3,(H,14,16);4-6,8H,3,7H2,1-2H3,(H,12,15);1H4. The van der Waals surface area contributed by atoms with E-state index in [-0.39, 0.29) is 52.2 Å². The van der Waals surface area contributed by atoms with Gasteiger partial charge in [-0.3, -0.25) is 20.2 Å². The molecule has 2 aromatic heterocycles. The van der Waals surface area contributed by atoms with Gasteiger partial charge in [0, 0.05) is 70.4 Å². The fraction of sp³-hybridized carbons (Fsp3) is 0.500. The molecule has 23 heteroatoms. The van der Waals surface area contributed by atoms with Crippen LogP contribution in [0.3, 0.4) is 0 Å². The van der Waals surface area contributed by atoms with Gasteiger partial charge in [0.15, 0.2) is 5.03 Å². The second-order valence-electron chi connectivity index (χ2n) is 12.0. The number of hydrogen-bond donors (Lipinski definition) is 3. The number of aromatic nitrogens is 2. The maximum Gasteiger partial charge on any atom is 0.407 e. The first-order valence-electron chi connectivity index (χ1n) is 18.6. The van der Waals surface area contributed by atoms with Crippen LogP contribution in [0.2, 0.25) is 0 Å². The molecule has 0 saturated carbocycles. The van der Waals surface area contributed by atoms with Crippen molar-refractivity contribution in [2.75, 3.05) is 39.5 Å². The van der Waals surface area contributed by atoms with Gasteiger partial charge in [0.05, 0.1) is 9.85 Å². The number of carbonyl (C=O) groups is 3. The number of nitro groups is 2. The van der Waals surface area contributed by atoms with Crippen molar-refractivity contribution < 1.29 is 38.4 Å². The lowest BCUT2D eigenvalue weighted by molar-refractivity contribution is -0.388. The molecule has 3 N–H and O–H groups in total. The highest BCUT2D eigenvalue weighted by molar-refractivity contribution is 8.77. The Morgan fingerprint density at radius 3 is 1.72 bits per heavy atom. The van der Waals surface area contributed by atoms with Crippen LogP contribution >= 0.6 is 64.8 Å². The van der Waals surface area contributed by atoms with Gasteiger partial charge in [0.1, 0.15) is 24.8 Å². The summed E-state index contributed by atoms with van der Waals surface area (Å²) in [6, 6.07) is 12.0. The number of nitro benzene ring substituents is 1. The third kappa shape index (κ3) is 26.3. The van der Waals surface area contributed by atoms with Crippen molar-refractivity contribution in [2.24, 2.45) is 0 Å². The van der Waals surface area contributed by atoms with Crippen LogP contribution < -0.4 is 16.0 Å². The van der Waals surface area contributed by atoms with Crippen molar-refractivity contribution in [2.45, 2.75) is 99.9 Å². The topological polar surface area (TPSA) is 227 Å². The molecule has 0 saturated heterocycles. The van der Waals surface area contributed by atoms with Crippen molar-refractivity contribution in [3.8, 4) is 0 Å². The number of benzene rings is 1. The number of carbonyl (C=O) groups excluding carboxylic acids is 3. The lowest BCUT2D eigenvalue weighted by Gasteiger charge is -2.13. The molecule has 0 aliphatic rings. The van der Waals surface area contributed by atoms with Gasteiger partial charge in [0.25, 0.3) is 5.69 Å². The van der Waals surface area contributed by atoms with Crippen molar-refractivity contribution in [1.29, 1.82) is 0 Å². The highest BCUT2D eigenvalue weighted by atomic mass is 33.1. The summed E-state index contributed by atoms with van der Waals surface area (Å²) in [5.74, 6) is 0. The average Bonchev–Trinajstić information content (AvgIpc) is 3.22. The Morgan fingerprint density at radius 2 is 1.25 bits per heavy atom. The molecular formula is C38H57N7O10S6. The van der Waals surface area contributed by atoms with Gasteiger partial charge < -0.3 is 30.2 Å². The summed E-state index contributed by atoms with van der Waals surface area (Å²) in [5.41, 5.74) is 1.89. The van der Waals surface area contributed by atoms with Gasteiger partial charge in [-0.2, -0.15) is 0 Å². The highest BCUT2D eigenvalue weighted by Crippen LogP contribution is 2.38. The fourth-order valence-corrected chi connectivity index (χ4v) is 10.1. The lowest BCUT2D eigenvalue weighted by atomic mass is 10.2. The van der Waals surface area contributed by atoms with Crippen molar-refractivity contribution >= 4 is 94.4 Å². The largest absolute Gasteiger partial charge is 0.448 e. The van der Waals surface area contributed by atoms with Crippen LogP contribution in [0.5, 0.6) is 0 Å². The second-order valence-corrected chi connectivity index (χ2v) is 19.9. The monoisotopic (exact) mass is 963 g/mol. The maximum absolute atomic E-state index is 11.2. The number of alkyl carbamates (subject to hydrolysis) is 3. The fourth-order valence-electron chi connectivity index (χ4n) is 3.77. The smallest absolute Gasteiger partial charge is 0.407 e. The van der Waals surface area contributed by atoms with Gasteiger partial charge >= 0.3 is 24.0 Å². The first-order valence-corrected chi connectivity index (χ1v) is 25.3. The first-order chi connectivity index (χ1) is 28.6. The van der Waals surface area contributed by atoms with E-state index >= 15 is 0 Å². The molecule has 0 radical (unpaired) electrons. The third-order valence-corrected chi connectivity index (χ3v) is 15.3. The van der Waals surface area contributed by atoms with E-state index < -0.39 is 17.1 Å². The lowest BCUT2D eigenvalue weighted by Crippen LogP contribution is -2.26. The molecule has 17 nitrogen and oxygen atoms in total. The minimum absolute atomic E-state index is 0. The van der Waals surface area contributed by atoms with Gasteiger partial charge in [-0.15, -0.1) is 0 Å². The molecule has 3 amide bonds. The number of rotatable bonds is 21. The van der Waals surface area contributed by atoms with Crippen LogP contribution in [-0.2, 0) is 14.2 Å². The van der Waals surface area contributed by atoms with E-state index in [1.165, 1.54) is 56.8 Å². The van der Waals surface area contributed by atoms with Crippen LogP contribution in [0.15, 0.2) is 69.8 Å². The number of nitrogens with one attached hydrogen (secondary N) is 3. The molecular weight excluding hydrogens is 907 g/mol. The average molecular weight is 964 g/mol. The van der Waals surface area contributed by atoms with Crippen LogP contribution in [-0.4, -0.2) is 93.3 Å². The molecule has 0 aliphatic carbocycles. The van der Waals surface area contributed by atoms with Crippen molar-refractivity contribution in [3.63, 3.8) is 0 Å². The van der Waals surface area contributed by atoms with Crippen molar-refractivity contribution in [1.82, 2.24) is 25.9 Å². The van der Waals surface area contributed by atoms with Crippen LogP contribution in [0.25, 0.3) is 0 Å². The molecule has 1 aromatic carbocycles. The van der Waals surface area contributed by atoms with E-state index in [9.17, 15) is 34.6 Å². The zero-order valence-electron chi connectivity index (χ0n) is 34.7. The molecule has 2 heterocycles. The zero-order valence-corrected chi connectivity index (χ0v) is 39.6. The summed E-state index contributed by atoms with van der Waals surface area (Å²) in [5, 5.41) is 31.0. The van der Waals surface area contributed by atoms with Crippen LogP contribution in [0.1, 0.15) is 66.5 Å². The predicted octanol–water partition coefficient (Wildman–Crippen LogP) is 10.9. The van der Waals surface area contributed by atoms with Gasteiger partial charge in [-0.25, -0.2) is 24.4 Å². The molecule has 61 heavy (non-hydrogen) atoms. The first kappa shape index (κ1) is 57.2. The molecule has 0 aliphatic heterocycles. The van der Waals surface area contributed by atoms with Crippen LogP contribution in [0.4, 0.5) is 25.8 Å². The van der Waals surface area contributed by atoms with E-state index in [0.29, 0.717) is 43.4 Å². The van der Waals surface area contributed by atoms with Gasteiger partial charge in [0.2, 0.25) is 0 Å². The number of aryl methyl sites for hydroxylation is 2. The number of amides is 3. The quantitative estimate of drug-likeness (QED) is 0.0390. The molecule has 3 rings (SSSR count). The molecule has 0 bridgehead atoms. The summed E-state index contributed by atoms with van der Waals surface area (Å²) >= 11 is 0. The summed E-state index contributed by atoms with van der Waals surface area (Å²) < 4.78 is 15.1. The molecule has 0 spiro atoms. The van der Waals surface area contributed by atoms with E-state index in [0.717, 1.165) is 21.9 Å². The van der Waals surface area contributed by atoms with E-state index in [2.05, 4.69) is 32.8 Å². The molecule has 3 atom stereocenters. The number of pyridine rings is 2. The Kier molecular flexibility index (Phi) is 31.7. The van der Waals surface area contributed by atoms with E-state index in [4.69, 9.17) is 14.2 Å². The number of nitrogens with zero attached hydrogens (tertiary/aromatic N) is 4. The van der Waals surface area contributed by atoms with E-state index in [1.807, 2.05) is 52.9 Å². The predicted molar refractivity (Wildman–Crippen MR) is 253 cm³/mol. The Balaban J connectivity index is 0.000000879. The second kappa shape index (κ2) is 33.8. The Hall–Kier alpha value is -3.77. The minimum atomic E-state index is -0.467. The number of hydrogen-bond acceptors (Lipinski definition) is 18. The van der Waals surface area contributed by atoms with Gasteiger partial charge in [-0.05, 0) is 106 Å². The summed E-state index contributed by atoms with van der Waals surface area (Å²) in [4.78, 5) is 63.4. The molecule has 3 unspecified atom stereocenters. The van der Waals surface area contributed by atoms with Crippen molar-refractivity contribution in [3.05, 3.63) is 86.2 Å². The zero-order chi connectivity index (χ0) is 44.9.